The SMILES string of the molecule is CCCCNC(=O)c1ccc(SF)nc1.O=C(O)CCC(NC(=O)NCC(=O)O)C(=O)O. The number of pyridine rings is 1. The highest BCUT2D eigenvalue weighted by Gasteiger charge is 2.20. The molecule has 0 radical (unpaired) electrons. The van der Waals surface area contributed by atoms with Gasteiger partial charge in [-0.25, -0.2) is 14.6 Å². The van der Waals surface area contributed by atoms with Crippen molar-refractivity contribution in [3.05, 3.63) is 23.9 Å². The molecule has 0 aliphatic rings. The Morgan fingerprint density at radius 1 is 1.09 bits per heavy atom. The number of nitrogens with zero attached hydrogens (tertiary/aromatic N) is 1. The molecule has 0 fully saturated rings. The number of nitrogens with one attached hydrogen (secondary N) is 3. The van der Waals surface area contributed by atoms with E-state index in [4.69, 9.17) is 15.3 Å². The van der Waals surface area contributed by atoms with Crippen LogP contribution in [-0.4, -0.2) is 69.3 Å². The van der Waals surface area contributed by atoms with Gasteiger partial charge in [-0.3, -0.25) is 14.4 Å². The van der Waals surface area contributed by atoms with Gasteiger partial charge in [0.2, 0.25) is 0 Å². The second-order valence-corrected chi connectivity index (χ2v) is 6.69. The summed E-state index contributed by atoms with van der Waals surface area (Å²) in [6.07, 6.45) is 2.66. The van der Waals surface area contributed by atoms with Crippen LogP contribution in [0.15, 0.2) is 23.4 Å². The molecule has 0 spiro atoms. The normalized spacial score (nSPS) is 10.7. The van der Waals surface area contributed by atoms with Gasteiger partial charge in [-0.1, -0.05) is 13.3 Å². The highest BCUT2D eigenvalue weighted by atomic mass is 32.2. The summed E-state index contributed by atoms with van der Waals surface area (Å²) in [7, 11) is 0. The summed E-state index contributed by atoms with van der Waals surface area (Å²) in [5, 5.41) is 32.1. The summed E-state index contributed by atoms with van der Waals surface area (Å²) in [6, 6.07) is 0.695. The zero-order valence-electron chi connectivity index (χ0n) is 17.2. The molecule has 3 amide bonds. The number of urea groups is 1. The lowest BCUT2D eigenvalue weighted by Gasteiger charge is -2.13. The minimum atomic E-state index is -1.39. The van der Waals surface area contributed by atoms with E-state index in [1.165, 1.54) is 12.3 Å². The first kappa shape index (κ1) is 28.6. The van der Waals surface area contributed by atoms with Crippen LogP contribution in [0.3, 0.4) is 0 Å². The Labute approximate surface area is 187 Å². The summed E-state index contributed by atoms with van der Waals surface area (Å²) < 4.78 is 12.1. The number of carbonyl (C=O) groups is 5. The van der Waals surface area contributed by atoms with E-state index >= 15 is 0 Å². The van der Waals surface area contributed by atoms with Gasteiger partial charge in [-0.2, -0.15) is 3.89 Å². The lowest BCUT2D eigenvalue weighted by Crippen LogP contribution is -2.47. The average Bonchev–Trinajstić information content (AvgIpc) is 2.75. The first-order valence-corrected chi connectivity index (χ1v) is 10.1. The van der Waals surface area contributed by atoms with Gasteiger partial charge in [0.15, 0.2) is 0 Å². The molecule has 1 unspecified atom stereocenters. The molecule has 1 atom stereocenters. The lowest BCUT2D eigenvalue weighted by molar-refractivity contribution is -0.140. The number of aromatic nitrogens is 1. The molecule has 1 heterocycles. The Bertz CT molecular complexity index is 779. The van der Waals surface area contributed by atoms with E-state index in [-0.39, 0.29) is 29.5 Å². The number of halogens is 1. The number of carboxylic acids is 3. The second-order valence-electron chi connectivity index (χ2n) is 6.12. The topological polar surface area (TPSA) is 195 Å². The van der Waals surface area contributed by atoms with Crippen molar-refractivity contribution in [2.24, 2.45) is 0 Å². The van der Waals surface area contributed by atoms with Crippen LogP contribution >= 0.6 is 12.1 Å². The van der Waals surface area contributed by atoms with E-state index in [0.29, 0.717) is 12.1 Å². The molecule has 0 aliphatic heterocycles. The predicted molar refractivity (Wildman–Crippen MR) is 111 cm³/mol. The molecule has 6 N–H and O–H groups in total. The second kappa shape index (κ2) is 16.3. The number of carbonyl (C=O) groups excluding carboxylic acids is 2. The van der Waals surface area contributed by atoms with Crippen LogP contribution < -0.4 is 16.0 Å². The minimum Gasteiger partial charge on any atom is -0.481 e. The van der Waals surface area contributed by atoms with Gasteiger partial charge in [0.1, 0.15) is 29.8 Å². The zero-order chi connectivity index (χ0) is 24.5. The predicted octanol–water partition coefficient (Wildman–Crippen LogP) is 1.28. The van der Waals surface area contributed by atoms with E-state index in [2.05, 4.69) is 17.2 Å². The van der Waals surface area contributed by atoms with Gasteiger partial charge in [0.05, 0.1) is 5.56 Å². The van der Waals surface area contributed by atoms with Crippen molar-refractivity contribution in [3.63, 3.8) is 0 Å². The van der Waals surface area contributed by atoms with E-state index < -0.39 is 42.9 Å². The van der Waals surface area contributed by atoms with Crippen LogP contribution in [0.5, 0.6) is 0 Å². The fourth-order valence-electron chi connectivity index (χ4n) is 1.93. The monoisotopic (exact) mass is 476 g/mol. The van der Waals surface area contributed by atoms with Crippen molar-refractivity contribution in [2.75, 3.05) is 13.1 Å². The maximum absolute atomic E-state index is 12.1. The highest BCUT2D eigenvalue weighted by Crippen LogP contribution is 2.15. The van der Waals surface area contributed by atoms with Crippen molar-refractivity contribution >= 4 is 42.0 Å². The molecule has 0 bridgehead atoms. The molecule has 0 aromatic carbocycles. The molecule has 1 rings (SSSR count). The third kappa shape index (κ3) is 13.7. The standard InChI is InChI=1S/C10H13FN2OS.C8H12N2O7/c1-2-3-6-12-10(14)8-4-5-9(15-11)13-7-8;11-5(12)2-1-4(7(15)16)10-8(17)9-3-6(13)14/h4-5,7H,2-3,6H2,1H3,(H,12,14);4H,1-3H2,(H,11,12)(H,13,14)(H,15,16)(H2,9,10,17). The summed E-state index contributed by atoms with van der Waals surface area (Å²) in [5.74, 6) is -4.02. The molecular formula is C18H25FN4O8S. The quantitative estimate of drug-likeness (QED) is 0.239. The molecule has 0 saturated carbocycles. The third-order valence-corrected chi connectivity index (χ3v) is 3.94. The van der Waals surface area contributed by atoms with Gasteiger partial charge in [0, 0.05) is 19.2 Å². The summed E-state index contributed by atoms with van der Waals surface area (Å²) in [5.41, 5.74) is 0.462. The zero-order valence-corrected chi connectivity index (χ0v) is 18.0. The molecule has 14 heteroatoms. The van der Waals surface area contributed by atoms with E-state index in [9.17, 15) is 27.9 Å². The lowest BCUT2D eigenvalue weighted by atomic mass is 10.1. The Morgan fingerprint density at radius 3 is 2.25 bits per heavy atom. The van der Waals surface area contributed by atoms with Gasteiger partial charge < -0.3 is 31.3 Å². The van der Waals surface area contributed by atoms with Crippen molar-refractivity contribution in [3.8, 4) is 0 Å². The molecule has 1 aromatic heterocycles. The van der Waals surface area contributed by atoms with Crippen LogP contribution in [0.25, 0.3) is 0 Å². The highest BCUT2D eigenvalue weighted by molar-refractivity contribution is 7.94. The van der Waals surface area contributed by atoms with Crippen LogP contribution in [-0.2, 0) is 14.4 Å². The van der Waals surface area contributed by atoms with Gasteiger partial charge in [0.25, 0.3) is 5.91 Å². The fraction of sp³-hybridized carbons (Fsp3) is 0.444. The number of carboxylic acid groups (broad SMARTS) is 3. The Morgan fingerprint density at radius 2 is 1.78 bits per heavy atom. The maximum Gasteiger partial charge on any atom is 0.326 e. The van der Waals surface area contributed by atoms with Crippen molar-refractivity contribution < 1.29 is 43.2 Å². The largest absolute Gasteiger partial charge is 0.481 e. The summed E-state index contributed by atoms with van der Waals surface area (Å²) in [6.45, 7) is 2.06. The van der Waals surface area contributed by atoms with Crippen LogP contribution in [0, 0.1) is 0 Å². The maximum atomic E-state index is 12.1. The van der Waals surface area contributed by atoms with E-state index in [0.717, 1.165) is 12.8 Å². The van der Waals surface area contributed by atoms with Crippen LogP contribution in [0.2, 0.25) is 0 Å². The third-order valence-electron chi connectivity index (χ3n) is 3.54. The van der Waals surface area contributed by atoms with Gasteiger partial charge in [-0.05, 0) is 25.0 Å². The molecular weight excluding hydrogens is 451 g/mol. The van der Waals surface area contributed by atoms with Crippen molar-refractivity contribution in [1.29, 1.82) is 0 Å². The molecule has 1 aromatic rings. The molecule has 32 heavy (non-hydrogen) atoms. The molecule has 12 nitrogen and oxygen atoms in total. The van der Waals surface area contributed by atoms with E-state index in [1.807, 2.05) is 10.6 Å². The van der Waals surface area contributed by atoms with E-state index in [1.54, 1.807) is 6.07 Å². The van der Waals surface area contributed by atoms with Gasteiger partial charge in [-0.15, -0.1) is 0 Å². The summed E-state index contributed by atoms with van der Waals surface area (Å²) >= 11 is 0.0679. The number of amides is 3. The first-order valence-electron chi connectivity index (χ1n) is 9.34. The van der Waals surface area contributed by atoms with Crippen molar-refractivity contribution in [1.82, 2.24) is 20.9 Å². The number of hydrogen-bond donors (Lipinski definition) is 6. The number of rotatable bonds is 12. The minimum absolute atomic E-state index is 0.0679. The smallest absolute Gasteiger partial charge is 0.326 e. The summed E-state index contributed by atoms with van der Waals surface area (Å²) in [4.78, 5) is 57.2. The molecule has 0 aliphatic carbocycles. The Hall–Kier alpha value is -3.42. The Balaban J connectivity index is 0.000000604. The number of unbranched alkanes of at least 4 members (excludes halogenated alkanes) is 1. The molecule has 0 saturated heterocycles. The van der Waals surface area contributed by atoms with Crippen LogP contribution in [0.4, 0.5) is 8.68 Å². The molecule has 178 valence electrons. The van der Waals surface area contributed by atoms with Crippen molar-refractivity contribution in [2.45, 2.75) is 43.7 Å². The first-order chi connectivity index (χ1) is 15.1. The fourth-order valence-corrected chi connectivity index (χ4v) is 2.14. The van der Waals surface area contributed by atoms with Crippen LogP contribution in [0.1, 0.15) is 43.0 Å². The van der Waals surface area contributed by atoms with Gasteiger partial charge >= 0.3 is 23.9 Å². The number of hydrogen-bond acceptors (Lipinski definition) is 7. The average molecular weight is 476 g/mol. The Kier molecular flexibility index (Phi) is 14.6. The number of aliphatic carboxylic acids is 3.